The Labute approximate surface area is 97.0 Å². The van der Waals surface area contributed by atoms with Crippen LogP contribution >= 0.6 is 0 Å². The Bertz CT molecular complexity index is 442. The average molecular weight is 243 g/mol. The molecule has 0 aliphatic carbocycles. The third-order valence-electron chi connectivity index (χ3n) is 2.88. The lowest BCUT2D eigenvalue weighted by Gasteiger charge is -2.26. The van der Waals surface area contributed by atoms with E-state index < -0.39 is 28.9 Å². The van der Waals surface area contributed by atoms with Crippen molar-refractivity contribution in [1.29, 1.82) is 0 Å². The van der Waals surface area contributed by atoms with E-state index in [1.807, 2.05) is 0 Å². The molecule has 0 spiro atoms. The van der Waals surface area contributed by atoms with Crippen molar-refractivity contribution in [2.75, 3.05) is 13.1 Å². The average Bonchev–Trinajstić information content (AvgIpc) is 2.34. The second-order valence-electron chi connectivity index (χ2n) is 4.10. The minimum absolute atomic E-state index is 0.397. The summed E-state index contributed by atoms with van der Waals surface area (Å²) in [5, 5.41) is 0. The molecular formula is C12H12F3NO. The minimum atomic E-state index is -1.28. The largest absolute Gasteiger partial charge is 0.339 e. The first-order valence-electron chi connectivity index (χ1n) is 5.53. The third kappa shape index (κ3) is 2.43. The number of nitrogens with zero attached hydrogens (tertiary/aromatic N) is 1. The number of halogens is 3. The van der Waals surface area contributed by atoms with Crippen molar-refractivity contribution >= 4 is 5.91 Å². The van der Waals surface area contributed by atoms with E-state index in [4.69, 9.17) is 0 Å². The fourth-order valence-electron chi connectivity index (χ4n) is 1.95. The number of benzene rings is 1. The van der Waals surface area contributed by atoms with Crippen molar-refractivity contribution in [3.63, 3.8) is 0 Å². The van der Waals surface area contributed by atoms with Crippen LogP contribution < -0.4 is 0 Å². The summed E-state index contributed by atoms with van der Waals surface area (Å²) >= 11 is 0. The van der Waals surface area contributed by atoms with Gasteiger partial charge in [-0.25, -0.2) is 13.2 Å². The lowest BCUT2D eigenvalue weighted by Crippen LogP contribution is -2.36. The highest BCUT2D eigenvalue weighted by atomic mass is 19.2. The van der Waals surface area contributed by atoms with Crippen LogP contribution in [0, 0.1) is 17.5 Å². The smallest absolute Gasteiger partial charge is 0.256 e. The third-order valence-corrected chi connectivity index (χ3v) is 2.88. The van der Waals surface area contributed by atoms with Crippen molar-refractivity contribution in [2.45, 2.75) is 19.3 Å². The van der Waals surface area contributed by atoms with Crippen molar-refractivity contribution in [3.8, 4) is 0 Å². The van der Waals surface area contributed by atoms with Crippen LogP contribution in [-0.4, -0.2) is 23.9 Å². The highest BCUT2D eigenvalue weighted by Gasteiger charge is 2.22. The van der Waals surface area contributed by atoms with E-state index in [0.29, 0.717) is 25.2 Å². The normalized spacial score (nSPS) is 16.1. The number of hydrogen-bond acceptors (Lipinski definition) is 1. The summed E-state index contributed by atoms with van der Waals surface area (Å²) in [6.45, 7) is 1.08. The first-order chi connectivity index (χ1) is 8.09. The monoisotopic (exact) mass is 243 g/mol. The van der Waals surface area contributed by atoms with Gasteiger partial charge in [-0.05, 0) is 25.3 Å². The Morgan fingerprint density at radius 3 is 2.18 bits per heavy atom. The zero-order valence-corrected chi connectivity index (χ0v) is 9.18. The standard InChI is InChI=1S/C12H12F3NO/c13-9-7-11(15)10(14)6-8(9)12(17)16-4-2-1-3-5-16/h6-7H,1-5H2. The maximum absolute atomic E-state index is 13.4. The molecule has 1 aromatic rings. The Morgan fingerprint density at radius 2 is 1.53 bits per heavy atom. The molecule has 0 aromatic heterocycles. The molecule has 0 N–H and O–H groups in total. The summed E-state index contributed by atoms with van der Waals surface area (Å²) in [5.74, 6) is -4.06. The highest BCUT2D eigenvalue weighted by Crippen LogP contribution is 2.18. The lowest BCUT2D eigenvalue weighted by atomic mass is 10.1. The van der Waals surface area contributed by atoms with Crippen LogP contribution in [0.3, 0.4) is 0 Å². The zero-order valence-electron chi connectivity index (χ0n) is 9.18. The first kappa shape index (κ1) is 12.0. The van der Waals surface area contributed by atoms with Gasteiger partial charge in [-0.1, -0.05) is 0 Å². The predicted octanol–water partition coefficient (Wildman–Crippen LogP) is 2.73. The number of likely N-dealkylation sites (tertiary alicyclic amines) is 1. The summed E-state index contributed by atoms with van der Waals surface area (Å²) < 4.78 is 39.1. The van der Waals surface area contributed by atoms with Crippen LogP contribution in [0.25, 0.3) is 0 Å². The number of piperidine rings is 1. The molecule has 0 atom stereocenters. The van der Waals surface area contributed by atoms with Crippen LogP contribution in [0.1, 0.15) is 29.6 Å². The van der Waals surface area contributed by atoms with Crippen LogP contribution in [-0.2, 0) is 0 Å². The van der Waals surface area contributed by atoms with Crippen molar-refractivity contribution in [1.82, 2.24) is 4.90 Å². The molecule has 1 aliphatic heterocycles. The van der Waals surface area contributed by atoms with E-state index in [0.717, 1.165) is 19.3 Å². The van der Waals surface area contributed by atoms with E-state index in [9.17, 15) is 18.0 Å². The van der Waals surface area contributed by atoms with E-state index in [1.54, 1.807) is 0 Å². The molecular weight excluding hydrogens is 231 g/mol. The highest BCUT2D eigenvalue weighted by molar-refractivity contribution is 5.94. The molecule has 0 saturated carbocycles. The topological polar surface area (TPSA) is 20.3 Å². The molecule has 1 saturated heterocycles. The van der Waals surface area contributed by atoms with E-state index in [2.05, 4.69) is 0 Å². The van der Waals surface area contributed by atoms with Crippen LogP contribution in [0.2, 0.25) is 0 Å². The van der Waals surface area contributed by atoms with Crippen LogP contribution in [0.5, 0.6) is 0 Å². The SMILES string of the molecule is O=C(c1cc(F)c(F)cc1F)N1CCCCC1. The van der Waals surface area contributed by atoms with Crippen molar-refractivity contribution < 1.29 is 18.0 Å². The van der Waals surface area contributed by atoms with Gasteiger partial charge < -0.3 is 4.90 Å². The minimum Gasteiger partial charge on any atom is -0.339 e. The Morgan fingerprint density at radius 1 is 0.941 bits per heavy atom. The first-order valence-corrected chi connectivity index (χ1v) is 5.53. The van der Waals surface area contributed by atoms with Gasteiger partial charge in [0.05, 0.1) is 5.56 Å². The molecule has 0 bridgehead atoms. The van der Waals surface area contributed by atoms with Gasteiger partial charge in [0.1, 0.15) is 5.82 Å². The van der Waals surface area contributed by atoms with Gasteiger partial charge >= 0.3 is 0 Å². The number of hydrogen-bond donors (Lipinski definition) is 0. The van der Waals surface area contributed by atoms with E-state index >= 15 is 0 Å². The number of amides is 1. The van der Waals surface area contributed by atoms with Crippen molar-refractivity contribution in [2.24, 2.45) is 0 Å². The van der Waals surface area contributed by atoms with Gasteiger partial charge in [-0.2, -0.15) is 0 Å². The second-order valence-corrected chi connectivity index (χ2v) is 4.10. The quantitative estimate of drug-likeness (QED) is 0.694. The van der Waals surface area contributed by atoms with Gasteiger partial charge in [-0.3, -0.25) is 4.79 Å². The molecule has 17 heavy (non-hydrogen) atoms. The Hall–Kier alpha value is -1.52. The van der Waals surface area contributed by atoms with Gasteiger partial charge in [0.2, 0.25) is 0 Å². The molecule has 92 valence electrons. The predicted molar refractivity (Wildman–Crippen MR) is 56.1 cm³/mol. The maximum atomic E-state index is 13.4. The van der Waals surface area contributed by atoms with Crippen LogP contribution in [0.4, 0.5) is 13.2 Å². The van der Waals surface area contributed by atoms with Gasteiger partial charge in [0, 0.05) is 19.2 Å². The summed E-state index contributed by atoms with van der Waals surface area (Å²) in [6.07, 6.45) is 2.75. The molecule has 1 aliphatic rings. The molecule has 1 aromatic carbocycles. The number of rotatable bonds is 1. The zero-order chi connectivity index (χ0) is 12.4. The summed E-state index contributed by atoms with van der Waals surface area (Å²) in [7, 11) is 0. The number of carbonyl (C=O) groups excluding carboxylic acids is 1. The Balaban J connectivity index is 2.26. The summed E-state index contributed by atoms with van der Waals surface area (Å²) in [4.78, 5) is 13.4. The fourth-order valence-corrected chi connectivity index (χ4v) is 1.95. The molecule has 0 unspecified atom stereocenters. The van der Waals surface area contributed by atoms with Gasteiger partial charge in [0.15, 0.2) is 11.6 Å². The molecule has 2 rings (SSSR count). The van der Waals surface area contributed by atoms with Gasteiger partial charge in [-0.15, -0.1) is 0 Å². The van der Waals surface area contributed by atoms with Crippen LogP contribution in [0.15, 0.2) is 12.1 Å². The van der Waals surface area contributed by atoms with Crippen molar-refractivity contribution in [3.05, 3.63) is 35.1 Å². The van der Waals surface area contributed by atoms with E-state index in [1.165, 1.54) is 4.90 Å². The Kier molecular flexibility index (Phi) is 3.36. The fraction of sp³-hybridized carbons (Fsp3) is 0.417. The molecule has 5 heteroatoms. The number of carbonyl (C=O) groups is 1. The molecule has 0 radical (unpaired) electrons. The summed E-state index contributed by atoms with van der Waals surface area (Å²) in [6, 6.07) is 1.04. The van der Waals surface area contributed by atoms with E-state index in [-0.39, 0.29) is 0 Å². The molecule has 1 fully saturated rings. The molecule has 1 heterocycles. The summed E-state index contributed by atoms with van der Waals surface area (Å²) in [5.41, 5.74) is -0.397. The maximum Gasteiger partial charge on any atom is 0.256 e. The molecule has 2 nitrogen and oxygen atoms in total. The second kappa shape index (κ2) is 4.77. The van der Waals surface area contributed by atoms with Gasteiger partial charge in [0.25, 0.3) is 5.91 Å². The molecule has 1 amide bonds. The lowest BCUT2D eigenvalue weighted by molar-refractivity contribution is 0.0719.